The van der Waals surface area contributed by atoms with Crippen molar-refractivity contribution in [1.29, 1.82) is 0 Å². The maximum atomic E-state index is 12.2. The summed E-state index contributed by atoms with van der Waals surface area (Å²) in [7, 11) is 0. The summed E-state index contributed by atoms with van der Waals surface area (Å²) >= 11 is 0. The van der Waals surface area contributed by atoms with E-state index in [4.69, 9.17) is 4.74 Å². The maximum absolute atomic E-state index is 12.2. The van der Waals surface area contributed by atoms with Crippen molar-refractivity contribution in [3.63, 3.8) is 0 Å². The fourth-order valence-corrected chi connectivity index (χ4v) is 2.96. The molecule has 1 fully saturated rings. The second kappa shape index (κ2) is 5.90. The third-order valence-electron chi connectivity index (χ3n) is 4.35. The fourth-order valence-electron chi connectivity index (χ4n) is 2.96. The van der Waals surface area contributed by atoms with Crippen molar-refractivity contribution in [2.45, 2.75) is 25.9 Å². The largest absolute Gasteiger partial charge is 0.493 e. The van der Waals surface area contributed by atoms with Crippen molar-refractivity contribution in [2.75, 3.05) is 19.7 Å². The number of carbonyl (C=O) groups is 1. The highest BCUT2D eigenvalue weighted by molar-refractivity contribution is 5.92. The van der Waals surface area contributed by atoms with E-state index in [1.807, 2.05) is 23.1 Å². The number of nitrogens with zero attached hydrogens (tertiary/aromatic N) is 1. The average molecular weight is 287 g/mol. The molecule has 112 valence electrons. The highest BCUT2D eigenvalue weighted by Crippen LogP contribution is 2.26. The number of fused-ring (bicyclic) bond motifs is 1. The molecule has 2 aliphatic rings. The van der Waals surface area contributed by atoms with Crippen molar-refractivity contribution in [2.24, 2.45) is 5.92 Å². The van der Waals surface area contributed by atoms with Gasteiger partial charge in [0.15, 0.2) is 0 Å². The maximum Gasteiger partial charge on any atom is 0.246 e. The van der Waals surface area contributed by atoms with E-state index in [2.05, 4.69) is 6.07 Å². The van der Waals surface area contributed by atoms with E-state index in [-0.39, 0.29) is 17.9 Å². The molecule has 0 aromatic heterocycles. The van der Waals surface area contributed by atoms with Crippen molar-refractivity contribution >= 4 is 12.0 Å². The predicted molar refractivity (Wildman–Crippen MR) is 81.0 cm³/mol. The van der Waals surface area contributed by atoms with Gasteiger partial charge in [-0.2, -0.15) is 0 Å². The first-order chi connectivity index (χ1) is 10.1. The van der Waals surface area contributed by atoms with Gasteiger partial charge in [0.2, 0.25) is 5.91 Å². The Morgan fingerprint density at radius 3 is 3.14 bits per heavy atom. The molecule has 2 unspecified atom stereocenters. The molecule has 2 atom stereocenters. The number of benzene rings is 1. The summed E-state index contributed by atoms with van der Waals surface area (Å²) in [6, 6.07) is 6.01. The smallest absolute Gasteiger partial charge is 0.246 e. The van der Waals surface area contributed by atoms with Crippen LogP contribution in [0, 0.1) is 5.92 Å². The Balaban J connectivity index is 1.62. The van der Waals surface area contributed by atoms with Crippen LogP contribution in [0.1, 0.15) is 24.5 Å². The summed E-state index contributed by atoms with van der Waals surface area (Å²) in [6.45, 7) is 3.92. The van der Waals surface area contributed by atoms with Gasteiger partial charge in [-0.1, -0.05) is 6.07 Å². The quantitative estimate of drug-likeness (QED) is 0.863. The molecular formula is C17H21NO3. The number of amides is 1. The van der Waals surface area contributed by atoms with Crippen LogP contribution >= 0.6 is 0 Å². The van der Waals surface area contributed by atoms with E-state index in [0.29, 0.717) is 6.54 Å². The first kappa shape index (κ1) is 14.1. The first-order valence-electron chi connectivity index (χ1n) is 7.54. The Hall–Kier alpha value is -1.81. The second-order valence-electron chi connectivity index (χ2n) is 5.87. The van der Waals surface area contributed by atoms with Gasteiger partial charge >= 0.3 is 0 Å². The molecular weight excluding hydrogens is 266 g/mol. The van der Waals surface area contributed by atoms with Crippen molar-refractivity contribution in [3.05, 3.63) is 35.4 Å². The molecule has 3 rings (SSSR count). The molecule has 0 spiro atoms. The van der Waals surface area contributed by atoms with Crippen molar-refractivity contribution in [3.8, 4) is 5.75 Å². The zero-order valence-corrected chi connectivity index (χ0v) is 12.3. The normalized spacial score (nSPS) is 22.4. The van der Waals surface area contributed by atoms with Gasteiger partial charge in [-0.3, -0.25) is 4.79 Å². The van der Waals surface area contributed by atoms with Gasteiger partial charge in [0.25, 0.3) is 0 Å². The highest BCUT2D eigenvalue weighted by atomic mass is 16.5. The van der Waals surface area contributed by atoms with Crippen molar-refractivity contribution in [1.82, 2.24) is 4.90 Å². The molecule has 21 heavy (non-hydrogen) atoms. The minimum absolute atomic E-state index is 0.0231. The van der Waals surface area contributed by atoms with Crippen LogP contribution in [0.15, 0.2) is 24.3 Å². The van der Waals surface area contributed by atoms with Crippen LogP contribution in [0.2, 0.25) is 0 Å². The average Bonchev–Trinajstić information content (AvgIpc) is 3.12. The van der Waals surface area contributed by atoms with Crippen LogP contribution in [0.3, 0.4) is 0 Å². The molecule has 1 aromatic rings. The lowest BCUT2D eigenvalue weighted by Crippen LogP contribution is -2.28. The summed E-state index contributed by atoms with van der Waals surface area (Å²) in [5, 5.41) is 9.58. The number of likely N-dealkylation sites (tertiary alicyclic amines) is 1. The Bertz CT molecular complexity index is 565. The number of hydrogen-bond acceptors (Lipinski definition) is 3. The number of hydrogen-bond donors (Lipinski definition) is 1. The molecule has 0 radical (unpaired) electrons. The van der Waals surface area contributed by atoms with Crippen LogP contribution in [0.5, 0.6) is 5.75 Å². The molecule has 1 amide bonds. The molecule has 0 bridgehead atoms. The molecule has 2 heterocycles. The van der Waals surface area contributed by atoms with E-state index in [0.717, 1.165) is 37.3 Å². The Kier molecular flexibility index (Phi) is 3.97. The molecule has 4 nitrogen and oxygen atoms in total. The second-order valence-corrected chi connectivity index (χ2v) is 5.87. The van der Waals surface area contributed by atoms with Gasteiger partial charge < -0.3 is 14.7 Å². The van der Waals surface area contributed by atoms with E-state index >= 15 is 0 Å². The van der Waals surface area contributed by atoms with Crippen molar-refractivity contribution < 1.29 is 14.6 Å². The molecule has 1 aromatic carbocycles. The molecule has 4 heteroatoms. The zero-order valence-electron chi connectivity index (χ0n) is 12.3. The summed E-state index contributed by atoms with van der Waals surface area (Å²) < 4.78 is 5.47. The first-order valence-corrected chi connectivity index (χ1v) is 7.54. The SMILES string of the molecule is CC(O)C1CCN(C(=O)/C=C/c2ccc3c(c2)CCO3)C1. The van der Waals surface area contributed by atoms with E-state index in [1.54, 1.807) is 13.0 Å². The lowest BCUT2D eigenvalue weighted by Gasteiger charge is -2.15. The van der Waals surface area contributed by atoms with Gasteiger partial charge in [-0.15, -0.1) is 0 Å². The fraction of sp³-hybridized carbons (Fsp3) is 0.471. The number of ether oxygens (including phenoxy) is 1. The molecule has 0 aliphatic carbocycles. The van der Waals surface area contributed by atoms with Crippen LogP contribution in [0.4, 0.5) is 0 Å². The summed E-state index contributed by atoms with van der Waals surface area (Å²) in [5.74, 6) is 1.19. The Morgan fingerprint density at radius 2 is 2.38 bits per heavy atom. The van der Waals surface area contributed by atoms with Gasteiger partial charge in [0, 0.05) is 31.5 Å². The third kappa shape index (κ3) is 3.10. The molecule has 1 N–H and O–H groups in total. The third-order valence-corrected chi connectivity index (χ3v) is 4.35. The molecule has 2 aliphatic heterocycles. The number of rotatable bonds is 3. The summed E-state index contributed by atoms with van der Waals surface area (Å²) in [6.07, 6.45) is 4.96. The lowest BCUT2D eigenvalue weighted by molar-refractivity contribution is -0.125. The lowest BCUT2D eigenvalue weighted by atomic mass is 10.0. The van der Waals surface area contributed by atoms with E-state index in [1.165, 1.54) is 5.56 Å². The van der Waals surface area contributed by atoms with E-state index in [9.17, 15) is 9.90 Å². The minimum atomic E-state index is -0.344. The summed E-state index contributed by atoms with van der Waals surface area (Å²) in [5.41, 5.74) is 2.24. The summed E-state index contributed by atoms with van der Waals surface area (Å²) in [4.78, 5) is 14.0. The highest BCUT2D eigenvalue weighted by Gasteiger charge is 2.27. The van der Waals surface area contributed by atoms with Gasteiger partial charge in [0.1, 0.15) is 5.75 Å². The number of aliphatic hydroxyl groups excluding tert-OH is 1. The monoisotopic (exact) mass is 287 g/mol. The topological polar surface area (TPSA) is 49.8 Å². The number of aliphatic hydroxyl groups is 1. The number of carbonyl (C=O) groups excluding carboxylic acids is 1. The van der Waals surface area contributed by atoms with Gasteiger partial charge in [0.05, 0.1) is 12.7 Å². The molecule has 0 saturated carbocycles. The zero-order chi connectivity index (χ0) is 14.8. The van der Waals surface area contributed by atoms with Crippen LogP contribution in [-0.2, 0) is 11.2 Å². The van der Waals surface area contributed by atoms with E-state index < -0.39 is 0 Å². The minimum Gasteiger partial charge on any atom is -0.493 e. The predicted octanol–water partition coefficient (Wildman–Crippen LogP) is 1.86. The Morgan fingerprint density at radius 1 is 1.52 bits per heavy atom. The van der Waals surface area contributed by atoms with Gasteiger partial charge in [-0.05, 0) is 42.7 Å². The standard InChI is InChI=1S/C17H21NO3/c1-12(19)15-6-8-18(11-15)17(20)5-3-13-2-4-16-14(10-13)7-9-21-16/h2-5,10,12,15,19H,6-9,11H2,1H3/b5-3+. The molecule has 1 saturated heterocycles. The Labute approximate surface area is 125 Å². The van der Waals surface area contributed by atoms with Crippen LogP contribution in [-0.4, -0.2) is 41.7 Å². The van der Waals surface area contributed by atoms with Crippen LogP contribution < -0.4 is 4.74 Å². The van der Waals surface area contributed by atoms with Crippen LogP contribution in [0.25, 0.3) is 6.08 Å². The van der Waals surface area contributed by atoms with Gasteiger partial charge in [-0.25, -0.2) is 0 Å².